The molecule has 0 fully saturated rings. The highest BCUT2D eigenvalue weighted by Gasteiger charge is 2.24. The summed E-state index contributed by atoms with van der Waals surface area (Å²) in [5.41, 5.74) is 1.17. The summed E-state index contributed by atoms with van der Waals surface area (Å²) in [6, 6.07) is 49.5. The van der Waals surface area contributed by atoms with Gasteiger partial charge in [0.25, 0.3) is 0 Å². The van der Waals surface area contributed by atoms with E-state index in [1.807, 2.05) is 36.4 Å². The molecule has 5 aromatic rings. The number of benzene rings is 5. The molecule has 0 saturated heterocycles. The molecular formula is C32H25FP2. The topological polar surface area (TPSA) is 0 Å². The highest BCUT2D eigenvalue weighted by molar-refractivity contribution is 7.84. The standard InChI is InChI=1S/C32H25FP2/c33-30-23-13-14-24-31(30)34(27-17-7-2-8-18-27)25-32(26-15-5-1-6-16-26)35(28-19-9-3-10-20-28)29-21-11-4-12-22-29/h1-25H/b32-25-. The van der Waals surface area contributed by atoms with Crippen LogP contribution in [0.2, 0.25) is 0 Å². The van der Waals surface area contributed by atoms with Crippen molar-refractivity contribution in [1.29, 1.82) is 0 Å². The van der Waals surface area contributed by atoms with E-state index in [2.05, 4.69) is 103 Å². The first kappa shape index (κ1) is 23.4. The van der Waals surface area contributed by atoms with Crippen LogP contribution < -0.4 is 21.2 Å². The summed E-state index contributed by atoms with van der Waals surface area (Å²) in [5, 5.41) is 5.69. The van der Waals surface area contributed by atoms with Gasteiger partial charge in [0, 0.05) is 5.30 Å². The molecule has 35 heavy (non-hydrogen) atoms. The van der Waals surface area contributed by atoms with Crippen molar-refractivity contribution in [3.8, 4) is 0 Å². The summed E-state index contributed by atoms with van der Waals surface area (Å²) in [5.74, 6) is 2.19. The maximum Gasteiger partial charge on any atom is 0.131 e. The zero-order valence-corrected chi connectivity index (χ0v) is 21.0. The number of hydrogen-bond acceptors (Lipinski definition) is 0. The Morgan fingerprint density at radius 2 is 0.914 bits per heavy atom. The van der Waals surface area contributed by atoms with Gasteiger partial charge in [-0.05, 0) is 54.5 Å². The minimum atomic E-state index is -1.07. The quantitative estimate of drug-likeness (QED) is 0.209. The molecule has 0 amide bonds. The molecule has 0 aromatic heterocycles. The Hall–Kier alpha value is -3.37. The largest absolute Gasteiger partial charge is 0.206 e. The van der Waals surface area contributed by atoms with Crippen LogP contribution in [-0.4, -0.2) is 0 Å². The van der Waals surface area contributed by atoms with Gasteiger partial charge in [-0.3, -0.25) is 0 Å². The Bertz CT molecular complexity index is 1350. The third-order valence-corrected chi connectivity index (χ3v) is 10.7. The molecule has 5 rings (SSSR count). The first-order valence-electron chi connectivity index (χ1n) is 11.6. The van der Waals surface area contributed by atoms with Crippen LogP contribution in [0.4, 0.5) is 4.39 Å². The van der Waals surface area contributed by atoms with Gasteiger partial charge in [0.15, 0.2) is 0 Å². The van der Waals surface area contributed by atoms with Crippen LogP contribution in [0.1, 0.15) is 5.56 Å². The first-order valence-corrected chi connectivity index (χ1v) is 14.3. The van der Waals surface area contributed by atoms with Crippen LogP contribution in [0.3, 0.4) is 0 Å². The van der Waals surface area contributed by atoms with Gasteiger partial charge < -0.3 is 0 Å². The Balaban J connectivity index is 1.78. The molecule has 0 aliphatic carbocycles. The lowest BCUT2D eigenvalue weighted by molar-refractivity contribution is 0.636. The van der Waals surface area contributed by atoms with Crippen molar-refractivity contribution in [1.82, 2.24) is 0 Å². The summed E-state index contributed by atoms with van der Waals surface area (Å²) in [4.78, 5) is 0. The van der Waals surface area contributed by atoms with E-state index in [0.717, 1.165) is 10.6 Å². The van der Waals surface area contributed by atoms with Crippen molar-refractivity contribution >= 4 is 42.4 Å². The Morgan fingerprint density at radius 3 is 1.43 bits per heavy atom. The van der Waals surface area contributed by atoms with E-state index in [0.29, 0.717) is 0 Å². The van der Waals surface area contributed by atoms with E-state index >= 15 is 4.39 Å². The normalized spacial score (nSPS) is 12.5. The second-order valence-corrected chi connectivity index (χ2v) is 12.2. The summed E-state index contributed by atoms with van der Waals surface area (Å²) in [6.07, 6.45) is 0. The SMILES string of the molecule is Fc1ccccc1P(/C=C(/c1ccccc1)P(c1ccccc1)c1ccccc1)c1ccccc1. The number of halogens is 1. The van der Waals surface area contributed by atoms with Crippen LogP contribution in [0.25, 0.3) is 5.31 Å². The number of rotatable bonds is 7. The van der Waals surface area contributed by atoms with E-state index in [4.69, 9.17) is 0 Å². The smallest absolute Gasteiger partial charge is 0.131 e. The molecule has 5 aromatic carbocycles. The Morgan fingerprint density at radius 1 is 0.486 bits per heavy atom. The fourth-order valence-corrected chi connectivity index (χ4v) is 9.11. The molecule has 0 aliphatic heterocycles. The van der Waals surface area contributed by atoms with Gasteiger partial charge >= 0.3 is 0 Å². The Labute approximate surface area is 209 Å². The van der Waals surface area contributed by atoms with Crippen LogP contribution in [0.15, 0.2) is 151 Å². The minimum absolute atomic E-state index is 0.158. The Kier molecular flexibility index (Phi) is 7.59. The lowest BCUT2D eigenvalue weighted by Crippen LogP contribution is -2.16. The van der Waals surface area contributed by atoms with Crippen molar-refractivity contribution in [2.24, 2.45) is 0 Å². The fourth-order valence-electron chi connectivity index (χ4n) is 4.09. The van der Waals surface area contributed by atoms with Crippen molar-refractivity contribution in [2.45, 2.75) is 0 Å². The van der Waals surface area contributed by atoms with Gasteiger partial charge in [-0.2, -0.15) is 0 Å². The first-order chi connectivity index (χ1) is 17.3. The molecule has 0 nitrogen and oxygen atoms in total. The molecule has 0 aliphatic rings. The third-order valence-electron chi connectivity index (χ3n) is 5.74. The third kappa shape index (κ3) is 5.49. The van der Waals surface area contributed by atoms with Crippen molar-refractivity contribution in [3.63, 3.8) is 0 Å². The van der Waals surface area contributed by atoms with Crippen LogP contribution in [-0.2, 0) is 0 Å². The lowest BCUT2D eigenvalue weighted by Gasteiger charge is -2.25. The van der Waals surface area contributed by atoms with E-state index < -0.39 is 15.8 Å². The maximum absolute atomic E-state index is 15.2. The minimum Gasteiger partial charge on any atom is -0.206 e. The predicted octanol–water partition coefficient (Wildman–Crippen LogP) is 7.39. The summed E-state index contributed by atoms with van der Waals surface area (Å²) in [6.45, 7) is 0. The highest BCUT2D eigenvalue weighted by atomic mass is 31.1. The molecule has 3 heteroatoms. The molecule has 0 spiro atoms. The van der Waals surface area contributed by atoms with Gasteiger partial charge in [0.2, 0.25) is 0 Å². The van der Waals surface area contributed by atoms with E-state index in [1.54, 1.807) is 12.1 Å². The average molecular weight is 490 g/mol. The van der Waals surface area contributed by atoms with E-state index in [-0.39, 0.29) is 5.82 Å². The lowest BCUT2D eigenvalue weighted by atomic mass is 10.2. The molecule has 1 unspecified atom stereocenters. The zero-order valence-electron chi connectivity index (χ0n) is 19.2. The van der Waals surface area contributed by atoms with Crippen molar-refractivity contribution in [3.05, 3.63) is 163 Å². The fraction of sp³-hybridized carbons (Fsp3) is 0. The van der Waals surface area contributed by atoms with Gasteiger partial charge in [0.1, 0.15) is 5.82 Å². The highest BCUT2D eigenvalue weighted by Crippen LogP contribution is 2.53. The van der Waals surface area contributed by atoms with Crippen LogP contribution >= 0.6 is 15.8 Å². The molecule has 0 bridgehead atoms. The monoisotopic (exact) mass is 490 g/mol. The summed E-state index contributed by atoms with van der Waals surface area (Å²) in [7, 11) is -1.93. The van der Waals surface area contributed by atoms with Gasteiger partial charge in [-0.25, -0.2) is 4.39 Å². The van der Waals surface area contributed by atoms with E-state index in [1.165, 1.54) is 21.5 Å². The molecule has 0 saturated carbocycles. The summed E-state index contributed by atoms with van der Waals surface area (Å²) < 4.78 is 15.2. The molecule has 0 radical (unpaired) electrons. The molecular weight excluding hydrogens is 465 g/mol. The summed E-state index contributed by atoms with van der Waals surface area (Å²) >= 11 is 0. The second-order valence-electron chi connectivity index (χ2n) is 8.04. The molecule has 0 N–H and O–H groups in total. The second kappa shape index (κ2) is 11.4. The van der Waals surface area contributed by atoms with Crippen molar-refractivity contribution in [2.75, 3.05) is 0 Å². The predicted molar refractivity (Wildman–Crippen MR) is 153 cm³/mol. The maximum atomic E-state index is 15.2. The van der Waals surface area contributed by atoms with E-state index in [9.17, 15) is 0 Å². The molecule has 0 heterocycles. The zero-order chi connectivity index (χ0) is 23.9. The van der Waals surface area contributed by atoms with Crippen LogP contribution in [0, 0.1) is 5.82 Å². The van der Waals surface area contributed by atoms with Gasteiger partial charge in [-0.15, -0.1) is 0 Å². The molecule has 1 atom stereocenters. The van der Waals surface area contributed by atoms with Crippen LogP contribution in [0.5, 0.6) is 0 Å². The average Bonchev–Trinajstić information content (AvgIpc) is 2.93. The van der Waals surface area contributed by atoms with Gasteiger partial charge in [-0.1, -0.05) is 140 Å². The van der Waals surface area contributed by atoms with Crippen molar-refractivity contribution < 1.29 is 4.39 Å². The number of hydrogen-bond donors (Lipinski definition) is 0. The van der Waals surface area contributed by atoms with Gasteiger partial charge in [0.05, 0.1) is 0 Å². The molecule has 170 valence electrons.